The Balaban J connectivity index is 2.87. The normalized spacial score (nSPS) is 12.6. The molecule has 0 aliphatic heterocycles. The molecule has 1 aromatic rings. The first-order valence-electron chi connectivity index (χ1n) is 7.50. The quantitative estimate of drug-likeness (QED) is 0.562. The summed E-state index contributed by atoms with van der Waals surface area (Å²) in [6, 6.07) is 9.55. The molecular formula is C16H26O3P+. The topological polar surface area (TPSA) is 35.5 Å². The minimum atomic E-state index is -1.88. The van der Waals surface area contributed by atoms with E-state index in [-0.39, 0.29) is 6.10 Å². The molecule has 0 saturated heterocycles. The van der Waals surface area contributed by atoms with Crippen molar-refractivity contribution in [3.63, 3.8) is 0 Å². The van der Waals surface area contributed by atoms with Crippen LogP contribution < -0.4 is 4.74 Å². The van der Waals surface area contributed by atoms with Gasteiger partial charge in [-0.3, -0.25) is 0 Å². The highest BCUT2D eigenvalue weighted by atomic mass is 31.1. The summed E-state index contributed by atoms with van der Waals surface area (Å²) in [4.78, 5) is 0. The van der Waals surface area contributed by atoms with Gasteiger partial charge in [0.05, 0.1) is 0 Å². The maximum atomic E-state index is 12.7. The molecule has 0 spiro atoms. The lowest BCUT2D eigenvalue weighted by atomic mass is 10.2. The molecule has 4 heteroatoms. The van der Waals surface area contributed by atoms with Crippen molar-refractivity contribution in [2.24, 2.45) is 0 Å². The first-order valence-corrected chi connectivity index (χ1v) is 8.67. The SMILES string of the molecule is CCC(CC)O[P+](=O)C(CC)(CC)Oc1ccccc1. The van der Waals surface area contributed by atoms with Crippen molar-refractivity contribution in [3.8, 4) is 5.75 Å². The van der Waals surface area contributed by atoms with Crippen LogP contribution in [0.5, 0.6) is 5.75 Å². The Labute approximate surface area is 123 Å². The lowest BCUT2D eigenvalue weighted by Crippen LogP contribution is -2.32. The lowest BCUT2D eigenvalue weighted by molar-refractivity contribution is 0.108. The van der Waals surface area contributed by atoms with E-state index < -0.39 is 13.4 Å². The summed E-state index contributed by atoms with van der Waals surface area (Å²) in [5.41, 5.74) is 0. The Morgan fingerprint density at radius 2 is 1.60 bits per heavy atom. The third-order valence-electron chi connectivity index (χ3n) is 3.64. The van der Waals surface area contributed by atoms with Gasteiger partial charge in [0.2, 0.25) is 0 Å². The number of ether oxygens (including phenoxy) is 1. The van der Waals surface area contributed by atoms with E-state index in [2.05, 4.69) is 13.8 Å². The maximum absolute atomic E-state index is 12.7. The third kappa shape index (κ3) is 4.29. The van der Waals surface area contributed by atoms with E-state index in [0.717, 1.165) is 18.6 Å². The summed E-state index contributed by atoms with van der Waals surface area (Å²) >= 11 is 0. The molecule has 0 N–H and O–H groups in total. The van der Waals surface area contributed by atoms with E-state index in [4.69, 9.17) is 9.26 Å². The van der Waals surface area contributed by atoms with Crippen LogP contribution in [0, 0.1) is 0 Å². The minimum Gasteiger partial charge on any atom is -0.442 e. The highest BCUT2D eigenvalue weighted by Gasteiger charge is 2.52. The zero-order valence-electron chi connectivity index (χ0n) is 13.0. The molecule has 1 unspecified atom stereocenters. The average molecular weight is 297 g/mol. The zero-order chi connectivity index (χ0) is 15.0. The van der Waals surface area contributed by atoms with E-state index in [1.807, 2.05) is 44.2 Å². The molecule has 1 rings (SSSR count). The number of hydrogen-bond donors (Lipinski definition) is 0. The number of para-hydroxylation sites is 1. The molecule has 0 amide bonds. The van der Waals surface area contributed by atoms with Crippen molar-refractivity contribution < 1.29 is 13.8 Å². The first kappa shape index (κ1) is 17.1. The Hall–Kier alpha value is -0.920. The Morgan fingerprint density at radius 1 is 1.05 bits per heavy atom. The van der Waals surface area contributed by atoms with Crippen LogP contribution >= 0.6 is 8.03 Å². The molecule has 0 bridgehead atoms. The van der Waals surface area contributed by atoms with Crippen LogP contribution in [0.15, 0.2) is 30.3 Å². The van der Waals surface area contributed by atoms with Crippen molar-refractivity contribution in [1.82, 2.24) is 0 Å². The van der Waals surface area contributed by atoms with E-state index >= 15 is 0 Å². The molecule has 0 saturated carbocycles. The van der Waals surface area contributed by atoms with E-state index in [1.165, 1.54) is 0 Å². The largest absolute Gasteiger partial charge is 0.556 e. The molecule has 3 nitrogen and oxygen atoms in total. The van der Waals surface area contributed by atoms with Crippen LogP contribution in [-0.2, 0) is 9.09 Å². The molecule has 0 aliphatic carbocycles. The second-order valence-electron chi connectivity index (χ2n) is 4.87. The fourth-order valence-corrected chi connectivity index (χ4v) is 3.52. The van der Waals surface area contributed by atoms with E-state index in [9.17, 15) is 4.57 Å². The summed E-state index contributed by atoms with van der Waals surface area (Å²) in [5.74, 6) is 0.743. The predicted molar refractivity (Wildman–Crippen MR) is 83.4 cm³/mol. The van der Waals surface area contributed by atoms with Gasteiger partial charge in [-0.15, -0.1) is 4.52 Å². The van der Waals surface area contributed by atoms with Crippen molar-refractivity contribution >= 4 is 8.03 Å². The van der Waals surface area contributed by atoms with Crippen LogP contribution in [0.2, 0.25) is 0 Å². The van der Waals surface area contributed by atoms with Crippen molar-refractivity contribution in [2.75, 3.05) is 0 Å². The van der Waals surface area contributed by atoms with Crippen molar-refractivity contribution in [3.05, 3.63) is 30.3 Å². The standard InChI is InChI=1S/C16H26O3P/c1-5-14(6-2)19-20(17)16(7-3,8-4)18-15-12-10-9-11-13-15/h9-14H,5-8H2,1-4H3/q+1. The van der Waals surface area contributed by atoms with Crippen LogP contribution in [-0.4, -0.2) is 11.4 Å². The van der Waals surface area contributed by atoms with Gasteiger partial charge in [0.15, 0.2) is 0 Å². The second-order valence-corrected chi connectivity index (χ2v) is 6.41. The van der Waals surface area contributed by atoms with E-state index in [0.29, 0.717) is 12.8 Å². The highest BCUT2D eigenvalue weighted by molar-refractivity contribution is 7.40. The summed E-state index contributed by atoms with van der Waals surface area (Å²) in [6.45, 7) is 8.09. The van der Waals surface area contributed by atoms with Gasteiger partial charge in [-0.05, 0) is 29.5 Å². The lowest BCUT2D eigenvalue weighted by Gasteiger charge is -2.22. The smallest absolute Gasteiger partial charge is 0.442 e. The third-order valence-corrected chi connectivity index (χ3v) is 5.52. The minimum absolute atomic E-state index is 0.0375. The summed E-state index contributed by atoms with van der Waals surface area (Å²) in [6.07, 6.45) is 3.09. The van der Waals surface area contributed by atoms with Crippen LogP contribution in [0.3, 0.4) is 0 Å². The molecule has 20 heavy (non-hydrogen) atoms. The Kier molecular flexibility index (Phi) is 7.18. The van der Waals surface area contributed by atoms with Gasteiger partial charge in [0.1, 0.15) is 11.9 Å². The maximum Gasteiger partial charge on any atom is 0.556 e. The molecule has 0 radical (unpaired) electrons. The van der Waals surface area contributed by atoms with Gasteiger partial charge in [0, 0.05) is 12.8 Å². The molecule has 0 aliphatic rings. The summed E-state index contributed by atoms with van der Waals surface area (Å²) in [5, 5.41) is -0.737. The molecule has 112 valence electrons. The molecule has 0 aromatic heterocycles. The fraction of sp³-hybridized carbons (Fsp3) is 0.625. The van der Waals surface area contributed by atoms with Crippen LogP contribution in [0.25, 0.3) is 0 Å². The van der Waals surface area contributed by atoms with E-state index in [1.54, 1.807) is 0 Å². The zero-order valence-corrected chi connectivity index (χ0v) is 13.9. The Morgan fingerprint density at radius 3 is 2.05 bits per heavy atom. The molecule has 0 fully saturated rings. The second kappa shape index (κ2) is 8.39. The predicted octanol–water partition coefficient (Wildman–Crippen LogP) is 5.53. The molecule has 1 aromatic carbocycles. The highest BCUT2D eigenvalue weighted by Crippen LogP contribution is 2.47. The molecular weight excluding hydrogens is 271 g/mol. The molecule has 1 atom stereocenters. The number of hydrogen-bond acceptors (Lipinski definition) is 3. The van der Waals surface area contributed by atoms with Crippen molar-refractivity contribution in [2.45, 2.75) is 64.8 Å². The van der Waals surface area contributed by atoms with Gasteiger partial charge in [-0.1, -0.05) is 45.9 Å². The summed E-state index contributed by atoms with van der Waals surface area (Å²) < 4.78 is 24.5. The van der Waals surface area contributed by atoms with Gasteiger partial charge in [-0.25, -0.2) is 0 Å². The van der Waals surface area contributed by atoms with Gasteiger partial charge < -0.3 is 4.74 Å². The van der Waals surface area contributed by atoms with Gasteiger partial charge in [-0.2, -0.15) is 0 Å². The average Bonchev–Trinajstić information content (AvgIpc) is 2.51. The summed E-state index contributed by atoms with van der Waals surface area (Å²) in [7, 11) is -1.88. The van der Waals surface area contributed by atoms with Gasteiger partial charge in [0.25, 0.3) is 0 Å². The Bertz CT molecular complexity index is 397. The number of benzene rings is 1. The van der Waals surface area contributed by atoms with Crippen LogP contribution in [0.4, 0.5) is 0 Å². The van der Waals surface area contributed by atoms with Crippen LogP contribution in [0.1, 0.15) is 53.4 Å². The van der Waals surface area contributed by atoms with Gasteiger partial charge >= 0.3 is 13.4 Å². The first-order chi connectivity index (χ1) is 9.61. The van der Waals surface area contributed by atoms with Crippen molar-refractivity contribution in [1.29, 1.82) is 0 Å². The number of rotatable bonds is 9. The fourth-order valence-electron chi connectivity index (χ4n) is 2.07. The molecule has 0 heterocycles. The monoisotopic (exact) mass is 297 g/mol.